The van der Waals surface area contributed by atoms with Crippen LogP contribution in [0.4, 0.5) is 0 Å². The van der Waals surface area contributed by atoms with E-state index in [-0.39, 0.29) is 17.5 Å². The first kappa shape index (κ1) is 17.0. The van der Waals surface area contributed by atoms with Gasteiger partial charge in [-0.1, -0.05) is 0 Å². The summed E-state index contributed by atoms with van der Waals surface area (Å²) >= 11 is 0. The van der Waals surface area contributed by atoms with Crippen LogP contribution in [0.1, 0.15) is 31.9 Å². The lowest BCUT2D eigenvalue weighted by Gasteiger charge is -2.06. The van der Waals surface area contributed by atoms with Gasteiger partial charge in [0.05, 0.1) is 6.20 Å². The van der Waals surface area contributed by atoms with E-state index in [4.69, 9.17) is 4.74 Å². The fourth-order valence-corrected chi connectivity index (χ4v) is 2.19. The van der Waals surface area contributed by atoms with Crippen molar-refractivity contribution < 1.29 is 9.53 Å². The van der Waals surface area contributed by atoms with Gasteiger partial charge >= 0.3 is 0 Å². The van der Waals surface area contributed by atoms with Crippen LogP contribution in [0.2, 0.25) is 0 Å². The third kappa shape index (κ3) is 4.29. The van der Waals surface area contributed by atoms with Gasteiger partial charge in [-0.2, -0.15) is 5.10 Å². The highest BCUT2D eigenvalue weighted by Crippen LogP contribution is 2.15. The topological polar surface area (TPSA) is 89.0 Å². The number of methoxy groups -OCH3 is 1. The van der Waals surface area contributed by atoms with Gasteiger partial charge in [-0.15, -0.1) is 0 Å². The van der Waals surface area contributed by atoms with Crippen LogP contribution in [0, 0.1) is 0 Å². The summed E-state index contributed by atoms with van der Waals surface area (Å²) in [7, 11) is 1.62. The second-order valence-electron chi connectivity index (χ2n) is 5.51. The van der Waals surface area contributed by atoms with Gasteiger partial charge in [0.2, 0.25) is 5.91 Å². The normalized spacial score (nSPS) is 11.7. The predicted octanol–water partition coefficient (Wildman–Crippen LogP) is 1.47. The Morgan fingerprint density at radius 3 is 3.00 bits per heavy atom. The number of carbonyl (C=O) groups excluding carboxylic acids is 1. The minimum absolute atomic E-state index is 0.155. The van der Waals surface area contributed by atoms with E-state index in [2.05, 4.69) is 15.4 Å². The van der Waals surface area contributed by atoms with Gasteiger partial charge in [0.25, 0.3) is 5.56 Å². The number of aromatic amines is 1. The molecule has 2 aromatic rings. The Morgan fingerprint density at radius 2 is 2.30 bits per heavy atom. The zero-order valence-electron chi connectivity index (χ0n) is 13.6. The molecular weight excluding hydrogens is 296 g/mol. The van der Waals surface area contributed by atoms with E-state index in [1.165, 1.54) is 12.2 Å². The summed E-state index contributed by atoms with van der Waals surface area (Å²) in [5, 5.41) is 7.82. The van der Waals surface area contributed by atoms with Crippen LogP contribution in [0.25, 0.3) is 17.1 Å². The number of fused-ring (bicyclic) bond motifs is 1. The van der Waals surface area contributed by atoms with Crippen molar-refractivity contribution in [2.75, 3.05) is 20.3 Å². The van der Waals surface area contributed by atoms with Crippen molar-refractivity contribution in [3.63, 3.8) is 0 Å². The highest BCUT2D eigenvalue weighted by Gasteiger charge is 2.08. The van der Waals surface area contributed by atoms with Crippen LogP contribution in [-0.2, 0) is 9.53 Å². The summed E-state index contributed by atoms with van der Waals surface area (Å²) in [6.07, 6.45) is 5.32. The Morgan fingerprint density at radius 1 is 1.52 bits per heavy atom. The highest BCUT2D eigenvalue weighted by atomic mass is 16.5. The third-order valence-electron chi connectivity index (χ3n) is 3.36. The monoisotopic (exact) mass is 318 g/mol. The second-order valence-corrected chi connectivity index (χ2v) is 5.51. The number of rotatable bonds is 7. The molecule has 0 saturated carbocycles. The van der Waals surface area contributed by atoms with Gasteiger partial charge in [-0.05, 0) is 32.4 Å². The number of amides is 1. The van der Waals surface area contributed by atoms with E-state index in [0.29, 0.717) is 24.4 Å². The van der Waals surface area contributed by atoms with Crippen molar-refractivity contribution in [1.29, 1.82) is 0 Å². The van der Waals surface area contributed by atoms with E-state index in [1.807, 2.05) is 13.8 Å². The van der Waals surface area contributed by atoms with Crippen LogP contribution >= 0.6 is 0 Å². The van der Waals surface area contributed by atoms with Crippen LogP contribution in [0.15, 0.2) is 23.1 Å². The van der Waals surface area contributed by atoms with Gasteiger partial charge in [-0.25, -0.2) is 4.68 Å². The smallest absolute Gasteiger partial charge is 0.256 e. The standard InChI is InChI=1S/C16H22N4O3/c1-11(2)20-15-13(10-18-20)9-12(16(22)19-15)5-6-14(21)17-7-4-8-23-3/h5-6,9-11H,4,7-8H2,1-3H3,(H,17,21)(H,19,22). The number of ether oxygens (including phenoxy) is 1. The van der Waals surface area contributed by atoms with E-state index in [0.717, 1.165) is 11.8 Å². The molecule has 23 heavy (non-hydrogen) atoms. The van der Waals surface area contributed by atoms with Gasteiger partial charge in [-0.3, -0.25) is 9.59 Å². The second kappa shape index (κ2) is 7.73. The Balaban J connectivity index is 2.11. The molecule has 0 unspecified atom stereocenters. The largest absolute Gasteiger partial charge is 0.385 e. The predicted molar refractivity (Wildman–Crippen MR) is 89.3 cm³/mol. The molecule has 0 radical (unpaired) electrons. The molecule has 2 aromatic heterocycles. The lowest BCUT2D eigenvalue weighted by molar-refractivity contribution is -0.116. The average molecular weight is 318 g/mol. The van der Waals surface area contributed by atoms with Crippen molar-refractivity contribution >= 4 is 23.0 Å². The number of H-pyrrole nitrogens is 1. The SMILES string of the molecule is COCCCNC(=O)C=Cc1cc2cnn(C(C)C)c2[nH]c1=O. The number of aromatic nitrogens is 3. The van der Waals surface area contributed by atoms with E-state index >= 15 is 0 Å². The summed E-state index contributed by atoms with van der Waals surface area (Å²) in [4.78, 5) is 26.6. The Kier molecular flexibility index (Phi) is 5.70. The van der Waals surface area contributed by atoms with E-state index in [9.17, 15) is 9.59 Å². The lowest BCUT2D eigenvalue weighted by atomic mass is 10.2. The summed E-state index contributed by atoms with van der Waals surface area (Å²) < 4.78 is 6.66. The molecule has 0 spiro atoms. The summed E-state index contributed by atoms with van der Waals surface area (Å²) in [6, 6.07) is 1.89. The molecule has 0 aliphatic heterocycles. The molecule has 0 fully saturated rings. The van der Waals surface area contributed by atoms with Gasteiger partial charge < -0.3 is 15.0 Å². The lowest BCUT2D eigenvalue weighted by Crippen LogP contribution is -2.23. The van der Waals surface area contributed by atoms with Crippen molar-refractivity contribution in [3.8, 4) is 0 Å². The fourth-order valence-electron chi connectivity index (χ4n) is 2.19. The van der Waals surface area contributed by atoms with Gasteiger partial charge in [0, 0.05) is 43.3 Å². The first-order chi connectivity index (χ1) is 11.0. The van der Waals surface area contributed by atoms with Crippen LogP contribution < -0.4 is 10.9 Å². The molecule has 0 saturated heterocycles. The molecular formula is C16H22N4O3. The Hall–Kier alpha value is -2.41. The first-order valence-electron chi connectivity index (χ1n) is 7.58. The number of carbonyl (C=O) groups is 1. The number of nitrogens with zero attached hydrogens (tertiary/aromatic N) is 2. The molecule has 7 nitrogen and oxygen atoms in total. The molecule has 0 aliphatic rings. The minimum Gasteiger partial charge on any atom is -0.385 e. The van der Waals surface area contributed by atoms with Crippen LogP contribution in [0.5, 0.6) is 0 Å². The molecule has 2 heterocycles. The molecule has 2 N–H and O–H groups in total. The van der Waals surface area contributed by atoms with Gasteiger partial charge in [0.15, 0.2) is 0 Å². The Bertz CT molecular complexity index is 758. The molecule has 1 amide bonds. The maximum Gasteiger partial charge on any atom is 0.256 e. The fraction of sp³-hybridized carbons (Fsp3) is 0.438. The van der Waals surface area contributed by atoms with Crippen molar-refractivity contribution in [1.82, 2.24) is 20.1 Å². The molecule has 0 atom stereocenters. The number of nitrogens with one attached hydrogen (secondary N) is 2. The summed E-state index contributed by atoms with van der Waals surface area (Å²) in [5.41, 5.74) is 0.863. The highest BCUT2D eigenvalue weighted by molar-refractivity contribution is 5.92. The third-order valence-corrected chi connectivity index (χ3v) is 3.36. The first-order valence-corrected chi connectivity index (χ1v) is 7.58. The zero-order valence-corrected chi connectivity index (χ0v) is 13.6. The van der Waals surface area contributed by atoms with E-state index < -0.39 is 0 Å². The maximum absolute atomic E-state index is 12.1. The number of hydrogen-bond acceptors (Lipinski definition) is 4. The molecule has 7 heteroatoms. The minimum atomic E-state index is -0.247. The summed E-state index contributed by atoms with van der Waals surface area (Å²) in [5.74, 6) is -0.238. The van der Waals surface area contributed by atoms with Crippen molar-refractivity contribution in [2.45, 2.75) is 26.3 Å². The zero-order chi connectivity index (χ0) is 16.8. The number of pyridine rings is 1. The molecule has 0 aliphatic carbocycles. The number of hydrogen-bond donors (Lipinski definition) is 2. The van der Waals surface area contributed by atoms with E-state index in [1.54, 1.807) is 24.1 Å². The molecule has 2 rings (SSSR count). The Labute approximate surface area is 134 Å². The van der Waals surface area contributed by atoms with Crippen molar-refractivity contribution in [3.05, 3.63) is 34.3 Å². The summed E-state index contributed by atoms with van der Waals surface area (Å²) in [6.45, 7) is 5.12. The quantitative estimate of drug-likeness (QED) is 0.597. The molecule has 0 bridgehead atoms. The molecule has 124 valence electrons. The van der Waals surface area contributed by atoms with Gasteiger partial charge in [0.1, 0.15) is 5.65 Å². The maximum atomic E-state index is 12.1. The molecule has 0 aromatic carbocycles. The van der Waals surface area contributed by atoms with Crippen LogP contribution in [0.3, 0.4) is 0 Å². The average Bonchev–Trinajstić information content (AvgIpc) is 2.92. The van der Waals surface area contributed by atoms with Crippen molar-refractivity contribution in [2.24, 2.45) is 0 Å². The van der Waals surface area contributed by atoms with Crippen LogP contribution in [-0.4, -0.2) is 40.9 Å².